The number of fused-ring (bicyclic) bond motifs is 1. The zero-order chi connectivity index (χ0) is 22.7. The number of aromatic nitrogens is 2. The first-order valence-electron chi connectivity index (χ1n) is 9.76. The van der Waals surface area contributed by atoms with Crippen LogP contribution in [0.4, 0.5) is 5.69 Å². The molecule has 0 saturated heterocycles. The van der Waals surface area contributed by atoms with Crippen LogP contribution in [0.3, 0.4) is 0 Å². The number of benzene rings is 2. The van der Waals surface area contributed by atoms with Crippen molar-refractivity contribution < 1.29 is 14.3 Å². The van der Waals surface area contributed by atoms with Crippen LogP contribution in [-0.2, 0) is 11.8 Å². The van der Waals surface area contributed by atoms with Crippen molar-refractivity contribution in [2.24, 2.45) is 7.05 Å². The van der Waals surface area contributed by atoms with Gasteiger partial charge in [-0.3, -0.25) is 9.48 Å². The van der Waals surface area contributed by atoms with Gasteiger partial charge in [-0.1, -0.05) is 23.2 Å². The Bertz CT molecular complexity index is 1260. The molecule has 1 amide bonds. The average Bonchev–Trinajstić information content (AvgIpc) is 2.98. The number of anilines is 1. The van der Waals surface area contributed by atoms with Crippen LogP contribution in [0.2, 0.25) is 10.0 Å². The van der Waals surface area contributed by atoms with Crippen molar-refractivity contribution in [3.63, 3.8) is 0 Å². The van der Waals surface area contributed by atoms with Gasteiger partial charge in [0.15, 0.2) is 11.5 Å². The molecule has 32 heavy (non-hydrogen) atoms. The number of nitrogens with zero attached hydrogens (tertiary/aromatic N) is 3. The van der Waals surface area contributed by atoms with Crippen LogP contribution >= 0.6 is 23.2 Å². The van der Waals surface area contributed by atoms with E-state index in [1.165, 1.54) is 12.1 Å². The average molecular weight is 469 g/mol. The molecule has 4 rings (SSSR count). The van der Waals surface area contributed by atoms with Gasteiger partial charge >= 0.3 is 0 Å². The summed E-state index contributed by atoms with van der Waals surface area (Å²) in [5.74, 6) is 0.703. The Kier molecular flexibility index (Phi) is 6.35. The van der Waals surface area contributed by atoms with Gasteiger partial charge in [0.05, 0.1) is 29.6 Å². The van der Waals surface area contributed by atoms with Gasteiger partial charge in [-0.15, -0.1) is 0 Å². The lowest BCUT2D eigenvalue weighted by atomic mass is 10.1. The normalized spacial score (nSPS) is 13.2. The number of ether oxygens (including phenoxy) is 2. The Hall–Kier alpha value is -3.47. The number of hydrogen-bond donors (Lipinski definition) is 1. The fraction of sp³-hybridized carbons (Fsp3) is 0.174. The van der Waals surface area contributed by atoms with Crippen molar-refractivity contribution in [3.05, 3.63) is 63.8 Å². The summed E-state index contributed by atoms with van der Waals surface area (Å²) in [7, 11) is 1.77. The summed E-state index contributed by atoms with van der Waals surface area (Å²) in [6, 6.07) is 12.2. The standard InChI is InChI=1S/C23H18Cl2N4O3/c1-29-13-16(9-15(12-26)23(30)27-19-11-17(24)4-5-18(19)25)22(28-29)14-3-6-20-21(10-14)32-8-2-7-31-20/h3-6,9-11,13H,2,7-8H2,1H3,(H,27,30)/b15-9+. The van der Waals surface area contributed by atoms with Crippen molar-refractivity contribution in [1.82, 2.24) is 9.78 Å². The van der Waals surface area contributed by atoms with Crippen LogP contribution in [0.5, 0.6) is 11.5 Å². The van der Waals surface area contributed by atoms with Crippen molar-refractivity contribution >= 4 is 40.9 Å². The third-order valence-corrected chi connectivity index (χ3v) is 5.28. The van der Waals surface area contributed by atoms with E-state index in [0.29, 0.717) is 51.7 Å². The van der Waals surface area contributed by atoms with Gasteiger partial charge in [-0.05, 0) is 42.5 Å². The highest BCUT2D eigenvalue weighted by atomic mass is 35.5. The lowest BCUT2D eigenvalue weighted by Crippen LogP contribution is -2.13. The number of halogens is 2. The van der Waals surface area contributed by atoms with Gasteiger partial charge in [0.2, 0.25) is 0 Å². The maximum Gasteiger partial charge on any atom is 0.266 e. The quantitative estimate of drug-likeness (QED) is 0.424. The van der Waals surface area contributed by atoms with Crippen LogP contribution in [0.15, 0.2) is 48.2 Å². The van der Waals surface area contributed by atoms with Gasteiger partial charge in [-0.25, -0.2) is 0 Å². The maximum atomic E-state index is 12.7. The fourth-order valence-electron chi connectivity index (χ4n) is 3.23. The topological polar surface area (TPSA) is 89.2 Å². The molecular formula is C23H18Cl2N4O3. The molecule has 9 heteroatoms. The summed E-state index contributed by atoms with van der Waals surface area (Å²) in [4.78, 5) is 12.7. The predicted molar refractivity (Wildman–Crippen MR) is 123 cm³/mol. The SMILES string of the molecule is Cn1cc(/C=C(\C#N)C(=O)Nc2cc(Cl)ccc2Cl)c(-c2ccc3c(c2)OCCCO3)n1. The molecule has 1 aliphatic rings. The van der Waals surface area contributed by atoms with Gasteiger partial charge < -0.3 is 14.8 Å². The smallest absolute Gasteiger partial charge is 0.266 e. The Morgan fingerprint density at radius 2 is 1.97 bits per heavy atom. The van der Waals surface area contributed by atoms with Crippen LogP contribution in [0, 0.1) is 11.3 Å². The second-order valence-electron chi connectivity index (χ2n) is 7.07. The summed E-state index contributed by atoms with van der Waals surface area (Å²) in [5.41, 5.74) is 2.19. The molecule has 0 spiro atoms. The predicted octanol–water partition coefficient (Wildman–Crippen LogP) is 5.10. The van der Waals surface area contributed by atoms with E-state index in [4.69, 9.17) is 32.7 Å². The number of aryl methyl sites for hydroxylation is 1. The van der Waals surface area contributed by atoms with E-state index in [2.05, 4.69) is 10.4 Å². The summed E-state index contributed by atoms with van der Waals surface area (Å²) in [6.07, 6.45) is 4.02. The molecular weight excluding hydrogens is 451 g/mol. The molecule has 3 aromatic rings. The molecule has 0 bridgehead atoms. The molecule has 0 aliphatic carbocycles. The van der Waals surface area contributed by atoms with Crippen molar-refractivity contribution in [1.29, 1.82) is 5.26 Å². The van der Waals surface area contributed by atoms with Crippen LogP contribution in [0.25, 0.3) is 17.3 Å². The minimum absolute atomic E-state index is 0.107. The van der Waals surface area contributed by atoms with Gasteiger partial charge in [0, 0.05) is 35.8 Å². The van der Waals surface area contributed by atoms with E-state index in [-0.39, 0.29) is 5.57 Å². The molecule has 1 aliphatic heterocycles. The molecule has 1 aromatic heterocycles. The Labute approximate surface area is 194 Å². The minimum Gasteiger partial charge on any atom is -0.490 e. The van der Waals surface area contributed by atoms with E-state index >= 15 is 0 Å². The van der Waals surface area contributed by atoms with E-state index in [0.717, 1.165) is 12.0 Å². The molecule has 0 fully saturated rings. The van der Waals surface area contributed by atoms with Crippen molar-refractivity contribution in [2.45, 2.75) is 6.42 Å². The first-order chi connectivity index (χ1) is 15.4. The number of hydrogen-bond acceptors (Lipinski definition) is 5. The first kappa shape index (κ1) is 21.8. The van der Waals surface area contributed by atoms with Crippen molar-refractivity contribution in [3.8, 4) is 28.8 Å². The number of carbonyl (C=O) groups is 1. The third-order valence-electron chi connectivity index (χ3n) is 4.72. The Morgan fingerprint density at radius 1 is 1.19 bits per heavy atom. The highest BCUT2D eigenvalue weighted by Crippen LogP contribution is 2.35. The van der Waals surface area contributed by atoms with E-state index in [9.17, 15) is 10.1 Å². The summed E-state index contributed by atoms with van der Waals surface area (Å²) in [5, 5.41) is 17.5. The molecule has 2 aromatic carbocycles. The fourth-order valence-corrected chi connectivity index (χ4v) is 3.57. The van der Waals surface area contributed by atoms with Crippen molar-refractivity contribution in [2.75, 3.05) is 18.5 Å². The lowest BCUT2D eigenvalue weighted by molar-refractivity contribution is -0.112. The lowest BCUT2D eigenvalue weighted by Gasteiger charge is -2.09. The number of nitriles is 1. The van der Waals surface area contributed by atoms with Gasteiger partial charge in [-0.2, -0.15) is 10.4 Å². The molecule has 162 valence electrons. The van der Waals surface area contributed by atoms with Crippen LogP contribution in [-0.4, -0.2) is 28.9 Å². The molecule has 0 unspecified atom stereocenters. The monoisotopic (exact) mass is 468 g/mol. The molecule has 0 radical (unpaired) electrons. The Balaban J connectivity index is 1.67. The summed E-state index contributed by atoms with van der Waals surface area (Å²) < 4.78 is 13.1. The third kappa shape index (κ3) is 4.72. The molecule has 2 heterocycles. The van der Waals surface area contributed by atoms with E-state index in [1.807, 2.05) is 24.3 Å². The molecule has 1 N–H and O–H groups in total. The van der Waals surface area contributed by atoms with E-state index in [1.54, 1.807) is 30.1 Å². The number of nitrogens with one attached hydrogen (secondary N) is 1. The minimum atomic E-state index is -0.606. The molecule has 0 atom stereocenters. The maximum absolute atomic E-state index is 12.7. The first-order valence-corrected chi connectivity index (χ1v) is 10.5. The van der Waals surface area contributed by atoms with Gasteiger partial charge in [0.25, 0.3) is 5.91 Å². The van der Waals surface area contributed by atoms with E-state index < -0.39 is 5.91 Å². The second kappa shape index (κ2) is 9.35. The zero-order valence-corrected chi connectivity index (χ0v) is 18.6. The number of rotatable bonds is 4. The number of amides is 1. The highest BCUT2D eigenvalue weighted by Gasteiger charge is 2.17. The van der Waals surface area contributed by atoms with Crippen LogP contribution < -0.4 is 14.8 Å². The number of carbonyl (C=O) groups excluding carboxylic acids is 1. The Morgan fingerprint density at radius 3 is 2.75 bits per heavy atom. The zero-order valence-electron chi connectivity index (χ0n) is 17.1. The second-order valence-corrected chi connectivity index (χ2v) is 7.91. The molecule has 0 saturated carbocycles. The largest absolute Gasteiger partial charge is 0.490 e. The summed E-state index contributed by atoms with van der Waals surface area (Å²) in [6.45, 7) is 1.16. The summed E-state index contributed by atoms with van der Waals surface area (Å²) >= 11 is 12.1. The molecule has 7 nitrogen and oxygen atoms in total. The highest BCUT2D eigenvalue weighted by molar-refractivity contribution is 6.36. The van der Waals surface area contributed by atoms with Gasteiger partial charge in [0.1, 0.15) is 11.6 Å². The van der Waals surface area contributed by atoms with Crippen LogP contribution in [0.1, 0.15) is 12.0 Å².